The minimum absolute atomic E-state index is 0.0973. The Morgan fingerprint density at radius 2 is 2.26 bits per heavy atom. The Balaban J connectivity index is 2.00. The second-order valence-corrected chi connectivity index (χ2v) is 4.60. The second-order valence-electron chi connectivity index (χ2n) is 4.16. The molecule has 0 atom stereocenters. The number of fused-ring (bicyclic) bond motifs is 1. The maximum absolute atomic E-state index is 12.5. The van der Waals surface area contributed by atoms with Gasteiger partial charge in [0.1, 0.15) is 12.4 Å². The molecule has 0 radical (unpaired) electrons. The van der Waals surface area contributed by atoms with Crippen molar-refractivity contribution in [2.24, 2.45) is 0 Å². The monoisotopic (exact) mass is 274 g/mol. The van der Waals surface area contributed by atoms with Gasteiger partial charge in [0, 0.05) is 17.4 Å². The molecule has 19 heavy (non-hydrogen) atoms. The fourth-order valence-corrected chi connectivity index (χ4v) is 2.21. The van der Waals surface area contributed by atoms with Crippen molar-refractivity contribution in [3.63, 3.8) is 0 Å². The molecule has 0 saturated carbocycles. The van der Waals surface area contributed by atoms with Crippen LogP contribution in [0.4, 0.5) is 5.69 Å². The van der Waals surface area contributed by atoms with Gasteiger partial charge in [0.15, 0.2) is 0 Å². The van der Waals surface area contributed by atoms with Gasteiger partial charge in [0.25, 0.3) is 5.91 Å². The second kappa shape index (κ2) is 4.90. The van der Waals surface area contributed by atoms with E-state index in [2.05, 4.69) is 4.98 Å². The Morgan fingerprint density at radius 1 is 1.37 bits per heavy atom. The SMILES string of the molecule is O=C(c1cccnc1)N1CCOc2ccc(Cl)cc21. The van der Waals surface area contributed by atoms with Crippen molar-refractivity contribution in [2.45, 2.75) is 0 Å². The fourth-order valence-electron chi connectivity index (χ4n) is 2.05. The summed E-state index contributed by atoms with van der Waals surface area (Å²) in [6.07, 6.45) is 3.20. The Hall–Kier alpha value is -2.07. The molecule has 5 heteroatoms. The number of anilines is 1. The molecule has 4 nitrogen and oxygen atoms in total. The molecule has 1 aliphatic heterocycles. The van der Waals surface area contributed by atoms with Gasteiger partial charge in [-0.3, -0.25) is 9.78 Å². The maximum Gasteiger partial charge on any atom is 0.260 e. The number of benzene rings is 1. The van der Waals surface area contributed by atoms with E-state index in [0.717, 1.165) is 0 Å². The van der Waals surface area contributed by atoms with Crippen LogP contribution in [0.1, 0.15) is 10.4 Å². The van der Waals surface area contributed by atoms with Gasteiger partial charge < -0.3 is 9.64 Å². The minimum atomic E-state index is -0.0973. The van der Waals surface area contributed by atoms with Gasteiger partial charge in [-0.25, -0.2) is 0 Å². The molecule has 0 fully saturated rings. The lowest BCUT2D eigenvalue weighted by Crippen LogP contribution is -2.38. The van der Waals surface area contributed by atoms with Gasteiger partial charge in [0.05, 0.1) is 17.8 Å². The molecule has 1 aliphatic rings. The Labute approximate surface area is 115 Å². The molecule has 2 heterocycles. The lowest BCUT2D eigenvalue weighted by atomic mass is 10.2. The van der Waals surface area contributed by atoms with E-state index in [4.69, 9.17) is 16.3 Å². The zero-order valence-corrected chi connectivity index (χ0v) is 10.8. The van der Waals surface area contributed by atoms with E-state index in [1.165, 1.54) is 0 Å². The number of rotatable bonds is 1. The summed E-state index contributed by atoms with van der Waals surface area (Å²) >= 11 is 5.99. The summed E-state index contributed by atoms with van der Waals surface area (Å²) in [7, 11) is 0. The Bertz CT molecular complexity index is 616. The van der Waals surface area contributed by atoms with Crippen LogP contribution in [0.25, 0.3) is 0 Å². The van der Waals surface area contributed by atoms with Crippen LogP contribution in [0.15, 0.2) is 42.7 Å². The number of halogens is 1. The molecule has 96 valence electrons. The highest BCUT2D eigenvalue weighted by atomic mass is 35.5. The van der Waals surface area contributed by atoms with Crippen molar-refractivity contribution in [2.75, 3.05) is 18.1 Å². The van der Waals surface area contributed by atoms with E-state index in [-0.39, 0.29) is 5.91 Å². The van der Waals surface area contributed by atoms with Gasteiger partial charge >= 0.3 is 0 Å². The van der Waals surface area contributed by atoms with Crippen LogP contribution >= 0.6 is 11.6 Å². The predicted molar refractivity (Wildman–Crippen MR) is 72.9 cm³/mol. The average Bonchev–Trinajstić information content (AvgIpc) is 2.47. The summed E-state index contributed by atoms with van der Waals surface area (Å²) in [4.78, 5) is 18.1. The topological polar surface area (TPSA) is 42.4 Å². The molecule has 0 aliphatic carbocycles. The molecule has 2 aromatic rings. The summed E-state index contributed by atoms with van der Waals surface area (Å²) < 4.78 is 5.53. The standard InChI is InChI=1S/C14H11ClN2O2/c15-11-3-4-13-12(8-11)17(6-7-19-13)14(18)10-2-1-5-16-9-10/h1-5,8-9H,6-7H2. The summed E-state index contributed by atoms with van der Waals surface area (Å²) in [6, 6.07) is 8.75. The number of ether oxygens (including phenoxy) is 1. The van der Waals surface area contributed by atoms with Gasteiger partial charge in [-0.2, -0.15) is 0 Å². The van der Waals surface area contributed by atoms with Crippen molar-refractivity contribution in [3.05, 3.63) is 53.3 Å². The Kier molecular flexibility index (Phi) is 3.09. The van der Waals surface area contributed by atoms with Crippen LogP contribution < -0.4 is 9.64 Å². The van der Waals surface area contributed by atoms with E-state index in [0.29, 0.717) is 35.2 Å². The third kappa shape index (κ3) is 2.27. The molecule has 1 aromatic heterocycles. The quantitative estimate of drug-likeness (QED) is 0.803. The molecule has 1 amide bonds. The fraction of sp³-hybridized carbons (Fsp3) is 0.143. The number of aromatic nitrogens is 1. The molecule has 0 spiro atoms. The van der Waals surface area contributed by atoms with Crippen LogP contribution in [-0.4, -0.2) is 24.0 Å². The van der Waals surface area contributed by atoms with Crippen LogP contribution in [-0.2, 0) is 0 Å². The number of amides is 1. The number of nitrogens with zero attached hydrogens (tertiary/aromatic N) is 2. The minimum Gasteiger partial charge on any atom is -0.490 e. The van der Waals surface area contributed by atoms with Crippen molar-refractivity contribution in [1.82, 2.24) is 4.98 Å². The number of pyridine rings is 1. The van der Waals surface area contributed by atoms with Gasteiger partial charge in [-0.05, 0) is 30.3 Å². The zero-order valence-electron chi connectivity index (χ0n) is 10.0. The first-order chi connectivity index (χ1) is 9.25. The highest BCUT2D eigenvalue weighted by Gasteiger charge is 2.24. The van der Waals surface area contributed by atoms with Crippen LogP contribution in [0.2, 0.25) is 5.02 Å². The van der Waals surface area contributed by atoms with E-state index >= 15 is 0 Å². The molecule has 3 rings (SSSR count). The van der Waals surface area contributed by atoms with Crippen LogP contribution in [0, 0.1) is 0 Å². The summed E-state index contributed by atoms with van der Waals surface area (Å²) in [6.45, 7) is 0.974. The van der Waals surface area contributed by atoms with E-state index < -0.39 is 0 Å². The number of carbonyl (C=O) groups excluding carboxylic acids is 1. The zero-order chi connectivity index (χ0) is 13.2. The Morgan fingerprint density at radius 3 is 3.05 bits per heavy atom. The molecule has 1 aromatic carbocycles. The normalized spacial score (nSPS) is 13.6. The molecule has 0 saturated heterocycles. The highest BCUT2D eigenvalue weighted by Crippen LogP contribution is 2.34. The average molecular weight is 275 g/mol. The summed E-state index contributed by atoms with van der Waals surface area (Å²) in [5.74, 6) is 0.577. The molecule has 0 bridgehead atoms. The van der Waals surface area contributed by atoms with Crippen LogP contribution in [0.5, 0.6) is 5.75 Å². The lowest BCUT2D eigenvalue weighted by molar-refractivity contribution is 0.0976. The van der Waals surface area contributed by atoms with E-state index in [1.54, 1.807) is 47.6 Å². The van der Waals surface area contributed by atoms with Gasteiger partial charge in [0.2, 0.25) is 0 Å². The van der Waals surface area contributed by atoms with E-state index in [1.807, 2.05) is 0 Å². The van der Waals surface area contributed by atoms with Gasteiger partial charge in [-0.15, -0.1) is 0 Å². The molecule has 0 N–H and O–H groups in total. The van der Waals surface area contributed by atoms with Gasteiger partial charge in [-0.1, -0.05) is 11.6 Å². The number of hydrogen-bond acceptors (Lipinski definition) is 3. The van der Waals surface area contributed by atoms with Crippen LogP contribution in [0.3, 0.4) is 0 Å². The van der Waals surface area contributed by atoms with Crippen molar-refractivity contribution >= 4 is 23.2 Å². The lowest BCUT2D eigenvalue weighted by Gasteiger charge is -2.29. The largest absolute Gasteiger partial charge is 0.490 e. The summed E-state index contributed by atoms with van der Waals surface area (Å²) in [5, 5.41) is 0.577. The van der Waals surface area contributed by atoms with Crippen molar-refractivity contribution in [3.8, 4) is 5.75 Å². The smallest absolute Gasteiger partial charge is 0.260 e. The molecule has 0 unspecified atom stereocenters. The molecular weight excluding hydrogens is 264 g/mol. The summed E-state index contributed by atoms with van der Waals surface area (Å²) in [5.41, 5.74) is 1.25. The van der Waals surface area contributed by atoms with Crippen molar-refractivity contribution in [1.29, 1.82) is 0 Å². The number of hydrogen-bond donors (Lipinski definition) is 0. The highest BCUT2D eigenvalue weighted by molar-refractivity contribution is 6.31. The first kappa shape index (κ1) is 12.0. The third-order valence-electron chi connectivity index (χ3n) is 2.94. The van der Waals surface area contributed by atoms with Crippen molar-refractivity contribution < 1.29 is 9.53 Å². The van der Waals surface area contributed by atoms with E-state index in [9.17, 15) is 4.79 Å². The molecular formula is C14H11ClN2O2. The number of carbonyl (C=O) groups is 1. The first-order valence-electron chi connectivity index (χ1n) is 5.90. The first-order valence-corrected chi connectivity index (χ1v) is 6.28. The maximum atomic E-state index is 12.5. The third-order valence-corrected chi connectivity index (χ3v) is 3.17. The predicted octanol–water partition coefficient (Wildman–Crippen LogP) is 2.77.